The highest BCUT2D eigenvalue weighted by atomic mass is 16.5. The molecule has 2 rings (SSSR count). The predicted molar refractivity (Wildman–Crippen MR) is 54.3 cm³/mol. The van der Waals surface area contributed by atoms with Gasteiger partial charge in [-0.1, -0.05) is 0 Å². The van der Waals surface area contributed by atoms with Crippen molar-refractivity contribution in [2.45, 2.75) is 44.2 Å². The largest absolute Gasteiger partial charge is 0.377 e. The summed E-state index contributed by atoms with van der Waals surface area (Å²) in [5.41, 5.74) is 0.0195. The highest BCUT2D eigenvalue weighted by Crippen LogP contribution is 2.30. The molecule has 0 amide bonds. The second kappa shape index (κ2) is 3.63. The normalized spacial score (nSPS) is 39.6. The van der Waals surface area contributed by atoms with Crippen LogP contribution in [0.5, 0.6) is 0 Å². The molecule has 1 aliphatic heterocycles. The molecular weight excluding hydrogens is 178 g/mol. The molecule has 14 heavy (non-hydrogen) atoms. The highest BCUT2D eigenvalue weighted by molar-refractivity contribution is 5.81. The van der Waals surface area contributed by atoms with E-state index in [0.29, 0.717) is 11.8 Å². The number of Topliss-reactive ketones (excluding diaryl/α,β-unsaturated/α-hetero) is 1. The van der Waals surface area contributed by atoms with Gasteiger partial charge in [0.2, 0.25) is 0 Å². The van der Waals surface area contributed by atoms with Gasteiger partial charge in [0.25, 0.3) is 0 Å². The van der Waals surface area contributed by atoms with Crippen LogP contribution in [0.15, 0.2) is 0 Å². The Morgan fingerprint density at radius 1 is 1.57 bits per heavy atom. The van der Waals surface area contributed by atoms with Gasteiger partial charge in [0.15, 0.2) is 0 Å². The SMILES string of the molecule is COC1(C)CCN(C2CCC(=O)C2)C1. The van der Waals surface area contributed by atoms with Crippen LogP contribution in [0.4, 0.5) is 0 Å². The Bertz CT molecular complexity index is 241. The van der Waals surface area contributed by atoms with Gasteiger partial charge in [0, 0.05) is 39.1 Å². The fraction of sp³-hybridized carbons (Fsp3) is 0.909. The van der Waals surface area contributed by atoms with Crippen LogP contribution in [0, 0.1) is 0 Å². The molecule has 2 unspecified atom stereocenters. The van der Waals surface area contributed by atoms with Crippen LogP contribution in [0.2, 0.25) is 0 Å². The fourth-order valence-corrected chi connectivity index (χ4v) is 2.55. The van der Waals surface area contributed by atoms with Crippen molar-refractivity contribution in [1.29, 1.82) is 0 Å². The zero-order valence-corrected chi connectivity index (χ0v) is 9.08. The maximum atomic E-state index is 11.2. The number of likely N-dealkylation sites (tertiary alicyclic amines) is 1. The van der Waals surface area contributed by atoms with E-state index < -0.39 is 0 Å². The van der Waals surface area contributed by atoms with Gasteiger partial charge in [-0.15, -0.1) is 0 Å². The van der Waals surface area contributed by atoms with E-state index in [2.05, 4.69) is 11.8 Å². The van der Waals surface area contributed by atoms with Crippen LogP contribution in [-0.4, -0.2) is 42.5 Å². The maximum Gasteiger partial charge on any atom is 0.134 e. The molecule has 0 bridgehead atoms. The minimum atomic E-state index is 0.0195. The molecule has 1 saturated carbocycles. The first kappa shape index (κ1) is 10.1. The van der Waals surface area contributed by atoms with Gasteiger partial charge < -0.3 is 4.74 Å². The number of ketones is 1. The van der Waals surface area contributed by atoms with Crippen molar-refractivity contribution < 1.29 is 9.53 Å². The summed E-state index contributed by atoms with van der Waals surface area (Å²) in [6.07, 6.45) is 3.69. The van der Waals surface area contributed by atoms with Crippen molar-refractivity contribution in [1.82, 2.24) is 4.90 Å². The summed E-state index contributed by atoms with van der Waals surface area (Å²) in [5, 5.41) is 0. The van der Waals surface area contributed by atoms with E-state index >= 15 is 0 Å². The van der Waals surface area contributed by atoms with Crippen molar-refractivity contribution >= 4 is 5.78 Å². The summed E-state index contributed by atoms with van der Waals surface area (Å²) in [6, 6.07) is 0.500. The van der Waals surface area contributed by atoms with E-state index in [1.54, 1.807) is 7.11 Å². The van der Waals surface area contributed by atoms with Gasteiger partial charge in [-0.3, -0.25) is 9.69 Å². The predicted octanol–water partition coefficient (Wildman–Crippen LogP) is 1.22. The number of hydrogen-bond acceptors (Lipinski definition) is 3. The third-order valence-corrected chi connectivity index (χ3v) is 3.69. The zero-order chi connectivity index (χ0) is 10.2. The summed E-state index contributed by atoms with van der Waals surface area (Å²) < 4.78 is 5.49. The Hall–Kier alpha value is -0.410. The number of hydrogen-bond donors (Lipinski definition) is 0. The Labute approximate surface area is 85.4 Å². The third kappa shape index (κ3) is 1.84. The zero-order valence-electron chi connectivity index (χ0n) is 9.08. The number of methoxy groups -OCH3 is 1. The lowest BCUT2D eigenvalue weighted by atomic mass is 10.1. The second-order valence-electron chi connectivity index (χ2n) is 4.81. The lowest BCUT2D eigenvalue weighted by Gasteiger charge is -2.26. The molecule has 0 aromatic heterocycles. The number of ether oxygens (including phenoxy) is 1. The molecule has 1 heterocycles. The molecule has 0 radical (unpaired) electrons. The fourth-order valence-electron chi connectivity index (χ4n) is 2.55. The van der Waals surface area contributed by atoms with Crippen LogP contribution in [0.3, 0.4) is 0 Å². The molecule has 2 fully saturated rings. The Balaban J connectivity index is 1.92. The topological polar surface area (TPSA) is 29.5 Å². The molecule has 2 atom stereocenters. The molecule has 80 valence electrons. The molecule has 0 aromatic rings. The molecule has 3 nitrogen and oxygen atoms in total. The summed E-state index contributed by atoms with van der Waals surface area (Å²) in [4.78, 5) is 13.6. The van der Waals surface area contributed by atoms with Gasteiger partial charge in [-0.25, -0.2) is 0 Å². The smallest absolute Gasteiger partial charge is 0.134 e. The standard InChI is InChI=1S/C11H19NO2/c1-11(14-2)5-6-12(8-11)9-3-4-10(13)7-9/h9H,3-8H2,1-2H3. The molecule has 0 N–H and O–H groups in total. The average molecular weight is 197 g/mol. The van der Waals surface area contributed by atoms with Crippen LogP contribution in [0.1, 0.15) is 32.6 Å². The second-order valence-corrected chi connectivity index (χ2v) is 4.81. The van der Waals surface area contributed by atoms with Crippen molar-refractivity contribution in [3.8, 4) is 0 Å². The van der Waals surface area contributed by atoms with Crippen LogP contribution < -0.4 is 0 Å². The molecule has 0 aromatic carbocycles. The first-order chi connectivity index (χ1) is 6.63. The van der Waals surface area contributed by atoms with E-state index in [-0.39, 0.29) is 5.60 Å². The van der Waals surface area contributed by atoms with Gasteiger partial charge >= 0.3 is 0 Å². The van der Waals surface area contributed by atoms with Crippen molar-refractivity contribution in [3.05, 3.63) is 0 Å². The van der Waals surface area contributed by atoms with E-state index in [0.717, 1.165) is 38.8 Å². The lowest BCUT2D eigenvalue weighted by Crippen LogP contribution is -2.36. The average Bonchev–Trinajstić information content (AvgIpc) is 2.73. The minimum Gasteiger partial charge on any atom is -0.377 e. The number of rotatable bonds is 2. The van der Waals surface area contributed by atoms with Crippen molar-refractivity contribution in [2.24, 2.45) is 0 Å². The Kier molecular flexibility index (Phi) is 2.62. The van der Waals surface area contributed by atoms with Gasteiger partial charge in [0.05, 0.1) is 5.60 Å². The summed E-state index contributed by atoms with van der Waals surface area (Å²) >= 11 is 0. The lowest BCUT2D eigenvalue weighted by molar-refractivity contribution is -0.117. The van der Waals surface area contributed by atoms with Crippen LogP contribution in [0.25, 0.3) is 0 Å². The summed E-state index contributed by atoms with van der Waals surface area (Å²) in [5.74, 6) is 0.431. The minimum absolute atomic E-state index is 0.0195. The van der Waals surface area contributed by atoms with Crippen LogP contribution >= 0.6 is 0 Å². The number of carbonyl (C=O) groups is 1. The van der Waals surface area contributed by atoms with E-state index in [1.165, 1.54) is 0 Å². The van der Waals surface area contributed by atoms with Crippen molar-refractivity contribution in [3.63, 3.8) is 0 Å². The molecule has 1 saturated heterocycles. The molecule has 0 spiro atoms. The third-order valence-electron chi connectivity index (χ3n) is 3.69. The monoisotopic (exact) mass is 197 g/mol. The Morgan fingerprint density at radius 2 is 2.36 bits per heavy atom. The first-order valence-electron chi connectivity index (χ1n) is 5.44. The highest BCUT2D eigenvalue weighted by Gasteiger charge is 2.38. The maximum absolute atomic E-state index is 11.2. The van der Waals surface area contributed by atoms with Gasteiger partial charge in [-0.2, -0.15) is 0 Å². The molecular formula is C11H19NO2. The number of nitrogens with zero attached hydrogens (tertiary/aromatic N) is 1. The Morgan fingerprint density at radius 3 is 2.86 bits per heavy atom. The quantitative estimate of drug-likeness (QED) is 0.666. The van der Waals surface area contributed by atoms with Crippen LogP contribution in [-0.2, 0) is 9.53 Å². The van der Waals surface area contributed by atoms with Gasteiger partial charge in [-0.05, 0) is 19.8 Å². The molecule has 2 aliphatic rings. The number of carbonyl (C=O) groups excluding carboxylic acids is 1. The molecule has 3 heteroatoms. The first-order valence-corrected chi connectivity index (χ1v) is 5.44. The van der Waals surface area contributed by atoms with Crippen molar-refractivity contribution in [2.75, 3.05) is 20.2 Å². The summed E-state index contributed by atoms with van der Waals surface area (Å²) in [7, 11) is 1.78. The van der Waals surface area contributed by atoms with Gasteiger partial charge in [0.1, 0.15) is 5.78 Å². The molecule has 1 aliphatic carbocycles. The van der Waals surface area contributed by atoms with E-state index in [1.807, 2.05) is 0 Å². The van der Waals surface area contributed by atoms with E-state index in [9.17, 15) is 4.79 Å². The van der Waals surface area contributed by atoms with E-state index in [4.69, 9.17) is 4.74 Å². The summed E-state index contributed by atoms with van der Waals surface area (Å²) in [6.45, 7) is 4.23.